The molecule has 3 aromatic rings. The summed E-state index contributed by atoms with van der Waals surface area (Å²) in [6, 6.07) is 13.7. The number of anilines is 1. The lowest BCUT2D eigenvalue weighted by Gasteiger charge is -2.27. The SMILES string of the molecule is CCOc1cccc([C@H]2CC(=O)Nc3c2c(=O)nc(SCc2ccc(F)cc2)n3C)c1. The summed E-state index contributed by atoms with van der Waals surface area (Å²) >= 11 is 1.36. The third-order valence-corrected chi connectivity index (χ3v) is 6.25. The second-order valence-corrected chi connectivity index (χ2v) is 8.19. The van der Waals surface area contributed by atoms with Gasteiger partial charge in [0.05, 0.1) is 12.2 Å². The van der Waals surface area contributed by atoms with Gasteiger partial charge in [-0.1, -0.05) is 36.0 Å². The predicted molar refractivity (Wildman–Crippen MR) is 118 cm³/mol. The van der Waals surface area contributed by atoms with Gasteiger partial charge in [0.15, 0.2) is 5.16 Å². The number of hydrogen-bond acceptors (Lipinski definition) is 5. The number of halogens is 1. The third-order valence-electron chi connectivity index (χ3n) is 5.15. The first kappa shape index (κ1) is 21.1. The molecule has 1 amide bonds. The van der Waals surface area contributed by atoms with Crippen LogP contribution in [0.3, 0.4) is 0 Å². The Bertz CT molecular complexity index is 1180. The molecule has 0 saturated carbocycles. The number of amides is 1. The van der Waals surface area contributed by atoms with Crippen molar-refractivity contribution in [3.63, 3.8) is 0 Å². The number of nitrogens with zero attached hydrogens (tertiary/aromatic N) is 2. The van der Waals surface area contributed by atoms with Gasteiger partial charge in [-0.25, -0.2) is 4.39 Å². The van der Waals surface area contributed by atoms with Crippen LogP contribution in [0.5, 0.6) is 5.75 Å². The molecule has 0 aliphatic carbocycles. The van der Waals surface area contributed by atoms with Gasteiger partial charge in [0.2, 0.25) is 5.91 Å². The average Bonchev–Trinajstić information content (AvgIpc) is 2.76. The monoisotopic (exact) mass is 439 g/mol. The summed E-state index contributed by atoms with van der Waals surface area (Å²) in [5, 5.41) is 3.33. The van der Waals surface area contributed by atoms with E-state index in [1.165, 1.54) is 23.9 Å². The lowest BCUT2D eigenvalue weighted by molar-refractivity contribution is -0.116. The molecule has 1 aliphatic rings. The zero-order valence-corrected chi connectivity index (χ0v) is 18.0. The predicted octanol–water partition coefficient (Wildman–Crippen LogP) is 4.08. The van der Waals surface area contributed by atoms with Gasteiger partial charge >= 0.3 is 0 Å². The molecular formula is C23H22FN3O3S. The molecule has 1 N–H and O–H groups in total. The second-order valence-electron chi connectivity index (χ2n) is 7.25. The fourth-order valence-corrected chi connectivity index (χ4v) is 4.59. The summed E-state index contributed by atoms with van der Waals surface area (Å²) in [5.41, 5.74) is 1.86. The second kappa shape index (κ2) is 8.93. The van der Waals surface area contributed by atoms with Crippen LogP contribution >= 0.6 is 11.8 Å². The number of carbonyl (C=O) groups excluding carboxylic acids is 1. The Morgan fingerprint density at radius 1 is 1.23 bits per heavy atom. The first-order valence-electron chi connectivity index (χ1n) is 9.97. The molecule has 2 heterocycles. The van der Waals surface area contributed by atoms with Crippen molar-refractivity contribution < 1.29 is 13.9 Å². The summed E-state index contributed by atoms with van der Waals surface area (Å²) in [5.74, 6) is 0.831. The average molecular weight is 440 g/mol. The van der Waals surface area contributed by atoms with Crippen LogP contribution in [0.25, 0.3) is 0 Å². The summed E-state index contributed by atoms with van der Waals surface area (Å²) < 4.78 is 20.4. The first-order valence-corrected chi connectivity index (χ1v) is 11.0. The first-order chi connectivity index (χ1) is 15.0. The van der Waals surface area contributed by atoms with Crippen LogP contribution in [0.2, 0.25) is 0 Å². The van der Waals surface area contributed by atoms with E-state index in [4.69, 9.17) is 4.74 Å². The Kier molecular flexibility index (Phi) is 6.08. The topological polar surface area (TPSA) is 73.2 Å². The number of thioether (sulfide) groups is 1. The highest BCUT2D eigenvalue weighted by Gasteiger charge is 2.32. The van der Waals surface area contributed by atoms with E-state index in [2.05, 4.69) is 10.3 Å². The molecule has 1 atom stereocenters. The maximum atomic E-state index is 13.1. The number of benzene rings is 2. The highest BCUT2D eigenvalue weighted by atomic mass is 32.2. The fourth-order valence-electron chi connectivity index (χ4n) is 3.67. The van der Waals surface area contributed by atoms with Gasteiger partial charge in [-0.15, -0.1) is 0 Å². The number of hydrogen-bond donors (Lipinski definition) is 1. The van der Waals surface area contributed by atoms with Gasteiger partial charge in [0, 0.05) is 25.1 Å². The minimum Gasteiger partial charge on any atom is -0.494 e. The maximum Gasteiger partial charge on any atom is 0.279 e. The number of aromatic nitrogens is 2. The van der Waals surface area contributed by atoms with Crippen LogP contribution in [0.15, 0.2) is 58.5 Å². The summed E-state index contributed by atoms with van der Waals surface area (Å²) in [4.78, 5) is 29.8. The molecule has 1 aliphatic heterocycles. The molecule has 160 valence electrons. The number of nitrogens with one attached hydrogen (secondary N) is 1. The van der Waals surface area contributed by atoms with Gasteiger partial charge in [-0.2, -0.15) is 4.98 Å². The molecule has 6 nitrogen and oxygen atoms in total. The van der Waals surface area contributed by atoms with Crippen LogP contribution in [-0.2, 0) is 17.6 Å². The van der Waals surface area contributed by atoms with Crippen molar-refractivity contribution in [2.45, 2.75) is 30.2 Å². The Labute approximate surface area is 183 Å². The van der Waals surface area contributed by atoms with Crippen LogP contribution in [-0.4, -0.2) is 22.1 Å². The van der Waals surface area contributed by atoms with Crippen molar-refractivity contribution in [1.29, 1.82) is 0 Å². The van der Waals surface area contributed by atoms with Gasteiger partial charge in [0.25, 0.3) is 5.56 Å². The molecule has 0 radical (unpaired) electrons. The molecular weight excluding hydrogens is 417 g/mol. The smallest absolute Gasteiger partial charge is 0.279 e. The third kappa shape index (κ3) is 4.49. The highest BCUT2D eigenvalue weighted by molar-refractivity contribution is 7.98. The molecule has 0 unspecified atom stereocenters. The van der Waals surface area contributed by atoms with Crippen molar-refractivity contribution in [1.82, 2.24) is 9.55 Å². The van der Waals surface area contributed by atoms with Crippen LogP contribution in [0, 0.1) is 5.82 Å². The van der Waals surface area contributed by atoms with Crippen molar-refractivity contribution in [3.05, 3.63) is 81.4 Å². The van der Waals surface area contributed by atoms with E-state index in [0.717, 1.165) is 11.1 Å². The van der Waals surface area contributed by atoms with E-state index in [-0.39, 0.29) is 23.7 Å². The van der Waals surface area contributed by atoms with Crippen LogP contribution in [0.1, 0.15) is 36.0 Å². The van der Waals surface area contributed by atoms with Gasteiger partial charge in [-0.3, -0.25) is 9.59 Å². The lowest BCUT2D eigenvalue weighted by atomic mass is 9.86. The molecule has 8 heteroatoms. The quantitative estimate of drug-likeness (QED) is 0.463. The molecule has 0 saturated heterocycles. The molecule has 31 heavy (non-hydrogen) atoms. The van der Waals surface area contributed by atoms with Crippen molar-refractivity contribution in [2.75, 3.05) is 11.9 Å². The largest absolute Gasteiger partial charge is 0.494 e. The number of ether oxygens (including phenoxy) is 1. The maximum absolute atomic E-state index is 13.1. The fraction of sp³-hybridized carbons (Fsp3) is 0.261. The summed E-state index contributed by atoms with van der Waals surface area (Å²) in [6.45, 7) is 2.43. The Balaban J connectivity index is 1.69. The van der Waals surface area contributed by atoms with E-state index < -0.39 is 5.92 Å². The van der Waals surface area contributed by atoms with E-state index in [1.54, 1.807) is 23.7 Å². The zero-order chi connectivity index (χ0) is 22.0. The number of carbonyl (C=O) groups is 1. The summed E-state index contributed by atoms with van der Waals surface area (Å²) in [7, 11) is 1.78. The lowest BCUT2D eigenvalue weighted by Crippen LogP contribution is -2.33. The molecule has 0 fully saturated rings. The van der Waals surface area contributed by atoms with Gasteiger partial charge in [-0.05, 0) is 42.3 Å². The minimum absolute atomic E-state index is 0.157. The van der Waals surface area contributed by atoms with Crippen molar-refractivity contribution in [2.24, 2.45) is 7.05 Å². The molecule has 2 aromatic carbocycles. The van der Waals surface area contributed by atoms with E-state index >= 15 is 0 Å². The van der Waals surface area contributed by atoms with Crippen molar-refractivity contribution in [3.8, 4) is 5.75 Å². The number of fused-ring (bicyclic) bond motifs is 1. The number of rotatable bonds is 6. The van der Waals surface area contributed by atoms with Crippen molar-refractivity contribution >= 4 is 23.5 Å². The highest BCUT2D eigenvalue weighted by Crippen LogP contribution is 2.37. The minimum atomic E-state index is -0.397. The van der Waals surface area contributed by atoms with E-state index in [9.17, 15) is 14.0 Å². The zero-order valence-electron chi connectivity index (χ0n) is 17.2. The summed E-state index contributed by atoms with van der Waals surface area (Å²) in [6.07, 6.45) is 0.168. The Hall–Kier alpha value is -3.13. The molecule has 0 bridgehead atoms. The van der Waals surface area contributed by atoms with Crippen LogP contribution in [0.4, 0.5) is 10.2 Å². The van der Waals surface area contributed by atoms with E-state index in [1.807, 2.05) is 31.2 Å². The normalized spacial score (nSPS) is 15.3. The molecule has 4 rings (SSSR count). The molecule has 1 aromatic heterocycles. The van der Waals surface area contributed by atoms with Gasteiger partial charge < -0.3 is 14.6 Å². The van der Waals surface area contributed by atoms with Gasteiger partial charge in [0.1, 0.15) is 17.4 Å². The molecule has 0 spiro atoms. The Morgan fingerprint density at radius 2 is 2.00 bits per heavy atom. The Morgan fingerprint density at radius 3 is 2.74 bits per heavy atom. The van der Waals surface area contributed by atoms with Crippen LogP contribution < -0.4 is 15.6 Å². The van der Waals surface area contributed by atoms with E-state index in [0.29, 0.717) is 34.6 Å². The standard InChI is InChI=1S/C23H22FN3O3S/c1-3-30-17-6-4-5-15(11-17)18-12-19(28)25-21-20(18)22(29)26-23(27(21)2)31-13-14-7-9-16(24)10-8-14/h4-11,18H,3,12-13H2,1-2H3,(H,25,28)/t18-/m1/s1.